The van der Waals surface area contributed by atoms with E-state index in [4.69, 9.17) is 9.47 Å². The van der Waals surface area contributed by atoms with E-state index in [9.17, 15) is 9.90 Å². The molecule has 110 valence electrons. The zero-order valence-corrected chi connectivity index (χ0v) is 12.5. The first-order valence-corrected chi connectivity index (χ1v) is 7.16. The Labute approximate surface area is 115 Å². The van der Waals surface area contributed by atoms with Crippen molar-refractivity contribution in [2.45, 2.75) is 65.3 Å². The van der Waals surface area contributed by atoms with Gasteiger partial charge in [-0.2, -0.15) is 0 Å². The molecule has 0 amide bonds. The van der Waals surface area contributed by atoms with Gasteiger partial charge in [-0.15, -0.1) is 0 Å². The molecule has 0 unspecified atom stereocenters. The Bertz CT molecular complexity index is 353. The summed E-state index contributed by atoms with van der Waals surface area (Å²) in [6.45, 7) is 8.90. The van der Waals surface area contributed by atoms with E-state index in [1.807, 2.05) is 6.92 Å². The maximum absolute atomic E-state index is 11.6. The van der Waals surface area contributed by atoms with Crippen molar-refractivity contribution in [1.29, 1.82) is 0 Å². The molecule has 2 fully saturated rings. The van der Waals surface area contributed by atoms with Gasteiger partial charge in [0.05, 0.1) is 24.7 Å². The summed E-state index contributed by atoms with van der Waals surface area (Å²) < 4.78 is 12.1. The van der Waals surface area contributed by atoms with Crippen molar-refractivity contribution in [2.24, 2.45) is 10.8 Å². The number of rotatable bonds is 2. The fraction of sp³-hybridized carbons (Fsp3) is 0.933. The SMILES string of the molecule is CC(=O)C[C@]1(C)[C@@H](O)CCCC12OCC(C)(C)CO2. The molecule has 0 aromatic heterocycles. The van der Waals surface area contributed by atoms with Gasteiger partial charge in [0.25, 0.3) is 0 Å². The van der Waals surface area contributed by atoms with Gasteiger partial charge in [-0.3, -0.25) is 0 Å². The highest BCUT2D eigenvalue weighted by molar-refractivity contribution is 5.76. The minimum Gasteiger partial charge on any atom is -0.392 e. The molecule has 1 spiro atoms. The number of hydrogen-bond donors (Lipinski definition) is 1. The van der Waals surface area contributed by atoms with Crippen LogP contribution in [0.25, 0.3) is 0 Å². The summed E-state index contributed by atoms with van der Waals surface area (Å²) in [5.74, 6) is -0.730. The quantitative estimate of drug-likeness (QED) is 0.836. The number of ether oxygens (including phenoxy) is 2. The number of carbonyl (C=O) groups excluding carboxylic acids is 1. The summed E-state index contributed by atoms with van der Waals surface area (Å²) in [7, 11) is 0. The van der Waals surface area contributed by atoms with Crippen molar-refractivity contribution in [3.05, 3.63) is 0 Å². The summed E-state index contributed by atoms with van der Waals surface area (Å²) in [5, 5.41) is 10.4. The van der Waals surface area contributed by atoms with Crippen LogP contribution in [-0.4, -0.2) is 36.0 Å². The predicted molar refractivity (Wildman–Crippen MR) is 71.7 cm³/mol. The highest BCUT2D eigenvalue weighted by Crippen LogP contribution is 2.52. The zero-order valence-electron chi connectivity index (χ0n) is 12.5. The topological polar surface area (TPSA) is 55.8 Å². The second-order valence-corrected chi connectivity index (χ2v) is 7.20. The molecule has 4 nitrogen and oxygen atoms in total. The number of carbonyl (C=O) groups is 1. The van der Waals surface area contributed by atoms with Gasteiger partial charge in [0, 0.05) is 18.3 Å². The lowest BCUT2D eigenvalue weighted by Gasteiger charge is -2.56. The third-order valence-electron chi connectivity index (χ3n) is 4.60. The van der Waals surface area contributed by atoms with Crippen molar-refractivity contribution >= 4 is 5.78 Å². The van der Waals surface area contributed by atoms with Crippen LogP contribution < -0.4 is 0 Å². The van der Waals surface area contributed by atoms with Crippen LogP contribution in [0, 0.1) is 10.8 Å². The van der Waals surface area contributed by atoms with Gasteiger partial charge < -0.3 is 19.4 Å². The molecule has 0 bridgehead atoms. The first kappa shape index (κ1) is 14.9. The number of aliphatic hydroxyl groups is 1. The molecule has 1 aliphatic carbocycles. The number of Topliss-reactive ketones (excluding diaryl/α,β-unsaturated/α-hetero) is 1. The Kier molecular flexibility index (Phi) is 3.80. The van der Waals surface area contributed by atoms with Gasteiger partial charge >= 0.3 is 0 Å². The van der Waals surface area contributed by atoms with Crippen LogP contribution in [0.15, 0.2) is 0 Å². The summed E-state index contributed by atoms with van der Waals surface area (Å²) in [5.41, 5.74) is -0.654. The first-order valence-electron chi connectivity index (χ1n) is 7.16. The molecule has 0 aromatic rings. The second-order valence-electron chi connectivity index (χ2n) is 7.20. The fourth-order valence-corrected chi connectivity index (χ4v) is 3.34. The molecule has 1 saturated carbocycles. The molecule has 1 saturated heterocycles. The van der Waals surface area contributed by atoms with Gasteiger partial charge in [-0.05, 0) is 19.8 Å². The molecule has 2 aliphatic rings. The Morgan fingerprint density at radius 1 is 1.26 bits per heavy atom. The fourth-order valence-electron chi connectivity index (χ4n) is 3.34. The minimum atomic E-state index is -0.800. The van der Waals surface area contributed by atoms with E-state index in [1.165, 1.54) is 0 Å². The van der Waals surface area contributed by atoms with Crippen molar-refractivity contribution in [2.75, 3.05) is 13.2 Å². The highest BCUT2D eigenvalue weighted by Gasteiger charge is 2.59. The molecule has 1 heterocycles. The lowest BCUT2D eigenvalue weighted by Crippen LogP contribution is -2.63. The van der Waals surface area contributed by atoms with Gasteiger partial charge in [0.15, 0.2) is 5.79 Å². The maximum atomic E-state index is 11.6. The van der Waals surface area contributed by atoms with Gasteiger partial charge in [0.2, 0.25) is 0 Å². The van der Waals surface area contributed by atoms with E-state index >= 15 is 0 Å². The Balaban J connectivity index is 2.27. The predicted octanol–water partition coefficient (Wildman–Crippen LogP) is 2.29. The smallest absolute Gasteiger partial charge is 0.176 e. The second kappa shape index (κ2) is 4.83. The van der Waals surface area contributed by atoms with E-state index in [-0.39, 0.29) is 11.2 Å². The maximum Gasteiger partial charge on any atom is 0.176 e. The van der Waals surface area contributed by atoms with Crippen LogP contribution >= 0.6 is 0 Å². The molecule has 1 N–H and O–H groups in total. The third-order valence-corrected chi connectivity index (χ3v) is 4.60. The van der Waals surface area contributed by atoms with Crippen molar-refractivity contribution < 1.29 is 19.4 Å². The number of ketones is 1. The van der Waals surface area contributed by atoms with E-state index in [2.05, 4.69) is 13.8 Å². The molecule has 0 aromatic carbocycles. The van der Waals surface area contributed by atoms with Crippen LogP contribution in [-0.2, 0) is 14.3 Å². The lowest BCUT2D eigenvalue weighted by molar-refractivity contribution is -0.370. The zero-order chi connectivity index (χ0) is 14.3. The third kappa shape index (κ3) is 2.58. The van der Waals surface area contributed by atoms with Crippen LogP contribution in [0.1, 0.15) is 53.4 Å². The van der Waals surface area contributed by atoms with Crippen LogP contribution in [0.3, 0.4) is 0 Å². The highest BCUT2D eigenvalue weighted by atomic mass is 16.7. The van der Waals surface area contributed by atoms with E-state index in [0.717, 1.165) is 12.8 Å². The normalized spacial score (nSPS) is 37.2. The summed E-state index contributed by atoms with van der Waals surface area (Å²) in [6, 6.07) is 0. The number of aliphatic hydroxyl groups excluding tert-OH is 1. The first-order chi connectivity index (χ1) is 8.71. The molecular formula is C15H26O4. The van der Waals surface area contributed by atoms with Crippen molar-refractivity contribution in [3.8, 4) is 0 Å². The molecule has 4 heteroatoms. The van der Waals surface area contributed by atoms with E-state index in [0.29, 0.717) is 26.1 Å². The van der Waals surface area contributed by atoms with Crippen molar-refractivity contribution in [1.82, 2.24) is 0 Å². The van der Waals surface area contributed by atoms with Gasteiger partial charge in [0.1, 0.15) is 5.78 Å². The average Bonchev–Trinajstić information content (AvgIpc) is 2.29. The number of hydrogen-bond acceptors (Lipinski definition) is 4. The van der Waals surface area contributed by atoms with Gasteiger partial charge in [-0.25, -0.2) is 0 Å². The minimum absolute atomic E-state index is 0.00914. The summed E-state index contributed by atoms with van der Waals surface area (Å²) in [4.78, 5) is 11.6. The Morgan fingerprint density at radius 3 is 2.37 bits per heavy atom. The van der Waals surface area contributed by atoms with E-state index < -0.39 is 17.3 Å². The molecule has 1 aliphatic heterocycles. The van der Waals surface area contributed by atoms with E-state index in [1.54, 1.807) is 6.92 Å². The molecule has 19 heavy (non-hydrogen) atoms. The molecule has 0 radical (unpaired) electrons. The van der Waals surface area contributed by atoms with Crippen LogP contribution in [0.5, 0.6) is 0 Å². The molecular weight excluding hydrogens is 244 g/mol. The Morgan fingerprint density at radius 2 is 1.84 bits per heavy atom. The summed E-state index contributed by atoms with van der Waals surface area (Å²) >= 11 is 0. The van der Waals surface area contributed by atoms with Gasteiger partial charge in [-0.1, -0.05) is 20.8 Å². The monoisotopic (exact) mass is 270 g/mol. The standard InChI is InChI=1S/C15H26O4/c1-11(16)8-14(4)12(17)6-5-7-15(14)18-9-13(2,3)10-19-15/h12,17H,5-10H2,1-4H3/t12-,14+/m0/s1. The molecule has 2 atom stereocenters. The van der Waals surface area contributed by atoms with Crippen LogP contribution in [0.2, 0.25) is 0 Å². The molecule has 2 rings (SSSR count). The summed E-state index contributed by atoms with van der Waals surface area (Å²) in [6.07, 6.45) is 2.08. The largest absolute Gasteiger partial charge is 0.392 e. The average molecular weight is 270 g/mol. The van der Waals surface area contributed by atoms with Crippen LogP contribution in [0.4, 0.5) is 0 Å². The van der Waals surface area contributed by atoms with Crippen molar-refractivity contribution in [3.63, 3.8) is 0 Å². The Hall–Kier alpha value is -0.450. The lowest BCUT2D eigenvalue weighted by atomic mass is 9.65.